The van der Waals surface area contributed by atoms with Gasteiger partial charge in [-0.05, 0) is 45.0 Å². The molecule has 2 N–H and O–H groups in total. The number of anilines is 2. The van der Waals surface area contributed by atoms with Crippen molar-refractivity contribution in [2.75, 3.05) is 22.7 Å². The van der Waals surface area contributed by atoms with Gasteiger partial charge in [0.05, 0.1) is 15.5 Å². The van der Waals surface area contributed by atoms with E-state index in [2.05, 4.69) is 10.6 Å². The van der Waals surface area contributed by atoms with E-state index in [0.29, 0.717) is 5.69 Å². The summed E-state index contributed by atoms with van der Waals surface area (Å²) in [5, 5.41) is 17.1. The highest BCUT2D eigenvalue weighted by Gasteiger charge is 2.27. The van der Waals surface area contributed by atoms with Crippen molar-refractivity contribution in [1.29, 1.82) is 0 Å². The number of carbonyl (C=O) groups excluding carboxylic acids is 1. The highest BCUT2D eigenvalue weighted by Crippen LogP contribution is 2.30. The van der Waals surface area contributed by atoms with Crippen LogP contribution in [0, 0.1) is 10.1 Å². The van der Waals surface area contributed by atoms with Crippen LogP contribution in [0.5, 0.6) is 0 Å². The van der Waals surface area contributed by atoms with Crippen molar-refractivity contribution in [3.05, 3.63) is 58.6 Å². The molecule has 1 amide bonds. The summed E-state index contributed by atoms with van der Waals surface area (Å²) in [6, 6.07) is 12.3. The molecule has 2 aromatic rings. The van der Waals surface area contributed by atoms with Crippen LogP contribution in [0.2, 0.25) is 0 Å². The van der Waals surface area contributed by atoms with E-state index >= 15 is 0 Å². The Labute approximate surface area is 176 Å². The fourth-order valence-corrected chi connectivity index (χ4v) is 4.38. The first kappa shape index (κ1) is 23.1. The smallest absolute Gasteiger partial charge is 0.293 e. The van der Waals surface area contributed by atoms with Gasteiger partial charge in [-0.3, -0.25) is 19.2 Å². The monoisotopic (exact) mass is 434 g/mol. The van der Waals surface area contributed by atoms with Crippen LogP contribution in [-0.2, 0) is 14.8 Å². The zero-order valence-corrected chi connectivity index (χ0v) is 18.0. The third-order valence-electron chi connectivity index (χ3n) is 4.20. The van der Waals surface area contributed by atoms with E-state index in [1.165, 1.54) is 16.4 Å². The van der Waals surface area contributed by atoms with Crippen molar-refractivity contribution < 1.29 is 18.1 Å². The molecular formula is C20H26N4O5S. The summed E-state index contributed by atoms with van der Waals surface area (Å²) in [6.45, 7) is 5.72. The maximum atomic E-state index is 13.1. The van der Waals surface area contributed by atoms with Gasteiger partial charge in [-0.2, -0.15) is 0 Å². The Morgan fingerprint density at radius 1 is 1.17 bits per heavy atom. The molecule has 0 atom stereocenters. The topological polar surface area (TPSA) is 122 Å². The van der Waals surface area contributed by atoms with Crippen molar-refractivity contribution in [2.24, 2.45) is 0 Å². The van der Waals surface area contributed by atoms with Crippen molar-refractivity contribution >= 4 is 33.0 Å². The second kappa shape index (κ2) is 10.1. The van der Waals surface area contributed by atoms with E-state index in [9.17, 15) is 23.3 Å². The van der Waals surface area contributed by atoms with Gasteiger partial charge < -0.3 is 10.6 Å². The Hall–Kier alpha value is -3.14. The number of hydrogen-bond donors (Lipinski definition) is 2. The highest BCUT2D eigenvalue weighted by atomic mass is 32.2. The number of carbonyl (C=O) groups is 1. The highest BCUT2D eigenvalue weighted by molar-refractivity contribution is 7.92. The molecule has 0 aromatic heterocycles. The van der Waals surface area contributed by atoms with Crippen LogP contribution in [0.25, 0.3) is 0 Å². The third-order valence-corrected chi connectivity index (χ3v) is 6.10. The Kier molecular flexibility index (Phi) is 7.76. The van der Waals surface area contributed by atoms with E-state index in [-0.39, 0.29) is 47.7 Å². The molecule has 2 aromatic carbocycles. The second-order valence-electron chi connectivity index (χ2n) is 6.84. The zero-order chi connectivity index (χ0) is 22.3. The van der Waals surface area contributed by atoms with Crippen LogP contribution in [0.1, 0.15) is 27.2 Å². The van der Waals surface area contributed by atoms with Crippen LogP contribution < -0.4 is 14.9 Å². The van der Waals surface area contributed by atoms with Gasteiger partial charge in [0.25, 0.3) is 15.7 Å². The zero-order valence-electron chi connectivity index (χ0n) is 17.2. The number of nitrogens with zero attached hydrogens (tertiary/aromatic N) is 2. The Balaban J connectivity index is 2.27. The Morgan fingerprint density at radius 3 is 2.40 bits per heavy atom. The lowest BCUT2D eigenvalue weighted by Gasteiger charge is -2.23. The number of rotatable bonds is 10. The number of sulfonamides is 1. The summed E-state index contributed by atoms with van der Waals surface area (Å²) >= 11 is 0. The lowest BCUT2D eigenvalue weighted by Crippen LogP contribution is -2.31. The van der Waals surface area contributed by atoms with Crippen molar-refractivity contribution in [2.45, 2.75) is 38.1 Å². The number of nitro benzene ring substituents is 1. The van der Waals surface area contributed by atoms with Crippen LogP contribution in [-0.4, -0.2) is 38.4 Å². The summed E-state index contributed by atoms with van der Waals surface area (Å²) in [5.41, 5.74) is 0.254. The maximum Gasteiger partial charge on any atom is 0.293 e. The summed E-state index contributed by atoms with van der Waals surface area (Å²) in [4.78, 5) is 22.4. The van der Waals surface area contributed by atoms with Gasteiger partial charge in [0.2, 0.25) is 5.91 Å². The first-order valence-electron chi connectivity index (χ1n) is 9.56. The summed E-state index contributed by atoms with van der Waals surface area (Å²) < 4.78 is 27.4. The molecule has 0 spiro atoms. The molecule has 0 aliphatic rings. The van der Waals surface area contributed by atoms with Crippen molar-refractivity contribution in [1.82, 2.24) is 5.32 Å². The molecule has 0 radical (unpaired) electrons. The van der Waals surface area contributed by atoms with E-state index in [0.717, 1.165) is 6.07 Å². The number of hydrogen-bond acceptors (Lipinski definition) is 6. The van der Waals surface area contributed by atoms with Gasteiger partial charge in [0.15, 0.2) is 0 Å². The average molecular weight is 435 g/mol. The first-order valence-corrected chi connectivity index (χ1v) is 11.0. The molecule has 30 heavy (non-hydrogen) atoms. The van der Waals surface area contributed by atoms with Crippen LogP contribution in [0.15, 0.2) is 53.4 Å². The molecule has 0 saturated carbocycles. The molecule has 9 nitrogen and oxygen atoms in total. The van der Waals surface area contributed by atoms with Crippen LogP contribution in [0.3, 0.4) is 0 Å². The minimum atomic E-state index is -3.99. The summed E-state index contributed by atoms with van der Waals surface area (Å²) in [5.74, 6) is -0.180. The quantitative estimate of drug-likeness (QED) is 0.438. The molecule has 0 aliphatic heterocycles. The lowest BCUT2D eigenvalue weighted by atomic mass is 10.2. The minimum absolute atomic E-state index is 0.00227. The van der Waals surface area contributed by atoms with Crippen molar-refractivity contribution in [3.63, 3.8) is 0 Å². The van der Waals surface area contributed by atoms with Gasteiger partial charge in [0.1, 0.15) is 5.69 Å². The molecule has 0 saturated heterocycles. The predicted octanol–water partition coefficient (Wildman–Crippen LogP) is 3.14. The molecular weight excluding hydrogens is 408 g/mol. The Morgan fingerprint density at radius 2 is 1.83 bits per heavy atom. The molecule has 2 rings (SSSR count). The molecule has 10 heteroatoms. The lowest BCUT2D eigenvalue weighted by molar-refractivity contribution is -0.384. The average Bonchev–Trinajstić information content (AvgIpc) is 2.68. The molecule has 162 valence electrons. The van der Waals surface area contributed by atoms with Crippen molar-refractivity contribution in [3.8, 4) is 0 Å². The van der Waals surface area contributed by atoms with Gasteiger partial charge >= 0.3 is 0 Å². The van der Waals surface area contributed by atoms with Gasteiger partial charge in [-0.1, -0.05) is 18.2 Å². The van der Waals surface area contributed by atoms with Gasteiger partial charge in [0, 0.05) is 31.6 Å². The molecule has 0 aliphatic carbocycles. The fraction of sp³-hybridized carbons (Fsp3) is 0.350. The molecule has 0 heterocycles. The van der Waals surface area contributed by atoms with Gasteiger partial charge in [-0.25, -0.2) is 8.42 Å². The standard InChI is InChI=1S/C20H26N4O5S/c1-4-23(16-8-6-5-7-9-16)30(28,29)17-10-11-18(19(14-17)24(26)27)21-13-12-20(25)22-15(2)3/h5-11,14-15,21H,4,12-13H2,1-3H3,(H,22,25). The normalized spacial score (nSPS) is 11.2. The second-order valence-corrected chi connectivity index (χ2v) is 8.70. The maximum absolute atomic E-state index is 13.1. The van der Waals surface area contributed by atoms with Gasteiger partial charge in [-0.15, -0.1) is 0 Å². The van der Waals surface area contributed by atoms with E-state index in [1.54, 1.807) is 37.3 Å². The first-order chi connectivity index (χ1) is 14.2. The summed E-state index contributed by atoms with van der Waals surface area (Å²) in [7, 11) is -3.99. The summed E-state index contributed by atoms with van der Waals surface area (Å²) in [6.07, 6.45) is 0.132. The van der Waals surface area contributed by atoms with Crippen LogP contribution in [0.4, 0.5) is 17.1 Å². The fourth-order valence-electron chi connectivity index (χ4n) is 2.89. The number of nitrogens with one attached hydrogen (secondary N) is 2. The number of nitro groups is 1. The molecule has 0 unspecified atom stereocenters. The number of para-hydroxylation sites is 1. The third kappa shape index (κ3) is 5.69. The largest absolute Gasteiger partial charge is 0.379 e. The minimum Gasteiger partial charge on any atom is -0.379 e. The van der Waals surface area contributed by atoms with E-state index in [1.807, 2.05) is 13.8 Å². The Bertz CT molecular complexity index is 994. The SMILES string of the molecule is CCN(c1ccccc1)S(=O)(=O)c1ccc(NCCC(=O)NC(C)C)c([N+](=O)[O-])c1. The number of amides is 1. The molecule has 0 bridgehead atoms. The predicted molar refractivity (Wildman–Crippen MR) is 116 cm³/mol. The number of benzene rings is 2. The molecule has 0 fully saturated rings. The van der Waals surface area contributed by atoms with Crippen LogP contribution >= 0.6 is 0 Å². The van der Waals surface area contributed by atoms with E-state index < -0.39 is 14.9 Å². The van der Waals surface area contributed by atoms with E-state index in [4.69, 9.17) is 0 Å².